The first-order chi connectivity index (χ1) is 33.1. The second-order valence-electron chi connectivity index (χ2n) is 17.2. The molecule has 14 heteroatoms. The van der Waals surface area contributed by atoms with Crippen molar-refractivity contribution in [2.75, 3.05) is 19.8 Å². The van der Waals surface area contributed by atoms with Crippen LogP contribution in [0, 0.1) is 0 Å². The highest BCUT2D eigenvalue weighted by molar-refractivity contribution is 5.76. The van der Waals surface area contributed by atoms with Crippen molar-refractivity contribution in [3.8, 4) is 0 Å². The van der Waals surface area contributed by atoms with Crippen LogP contribution < -0.4 is 5.32 Å². The van der Waals surface area contributed by atoms with Crippen LogP contribution in [0.15, 0.2) is 109 Å². The van der Waals surface area contributed by atoms with Gasteiger partial charge in [-0.25, -0.2) is 0 Å². The highest BCUT2D eigenvalue weighted by atomic mass is 16.7. The van der Waals surface area contributed by atoms with Crippen molar-refractivity contribution in [3.05, 3.63) is 109 Å². The molecule has 0 spiro atoms. The van der Waals surface area contributed by atoms with Crippen LogP contribution in [0.2, 0.25) is 0 Å². The van der Waals surface area contributed by atoms with Gasteiger partial charge in [-0.2, -0.15) is 0 Å². The molecule has 2 heterocycles. The van der Waals surface area contributed by atoms with E-state index in [4.69, 9.17) is 18.9 Å². The molecule has 2 rings (SSSR count). The van der Waals surface area contributed by atoms with Gasteiger partial charge in [0.2, 0.25) is 5.91 Å². The number of allylic oxidation sites excluding steroid dienone is 17. The van der Waals surface area contributed by atoms with Crippen molar-refractivity contribution in [3.63, 3.8) is 0 Å². The van der Waals surface area contributed by atoms with Crippen molar-refractivity contribution in [2.45, 2.75) is 203 Å². The molecule has 2 aliphatic rings. The number of rotatable bonds is 36. The number of amides is 1. The van der Waals surface area contributed by atoms with E-state index in [0.29, 0.717) is 6.42 Å². The van der Waals surface area contributed by atoms with Gasteiger partial charge in [0.1, 0.15) is 48.8 Å². The monoisotopic (exact) mass is 958 g/mol. The zero-order valence-electron chi connectivity index (χ0n) is 40.8. The molecule has 68 heavy (non-hydrogen) atoms. The molecule has 0 aromatic rings. The van der Waals surface area contributed by atoms with Crippen molar-refractivity contribution < 1.29 is 64.6 Å². The Labute approximate surface area is 406 Å². The molecule has 0 aromatic carbocycles. The predicted molar refractivity (Wildman–Crippen MR) is 267 cm³/mol. The van der Waals surface area contributed by atoms with Gasteiger partial charge in [-0.15, -0.1) is 0 Å². The number of aliphatic hydroxyl groups is 8. The number of unbranched alkanes of at least 4 members (excludes halogenated alkanes) is 7. The number of nitrogens with one attached hydrogen (secondary N) is 1. The fraction of sp³-hybridized carbons (Fsp3) is 0.648. The standard InChI is InChI=1S/C54H87NO13/c1-3-5-7-9-10-11-12-13-14-15-16-17-18-19-20-21-22-23-24-25-26-27-28-29-30-31-32-34-36-38-46(59)55-42(43(58)37-35-33-8-6-4-2)41-65-53-51(64)49(62)52(45(40-57)67-53)68-54-50(63)48(61)47(60)44(39-56)66-54/h5,7,10-11,13-14,16-17,19-20,22-23,25-26,28-29,35,37,42-45,47-54,56-58,60-64H,3-4,6,8-9,12,15,18,21,24,27,30-34,36,38-41H2,1-2H3,(H,55,59)/b7-5-,11-10-,14-13-,17-16-,20-19-,23-22-,26-25-,29-28-,37-35+. The molecule has 2 saturated heterocycles. The summed E-state index contributed by atoms with van der Waals surface area (Å²) >= 11 is 0. The van der Waals surface area contributed by atoms with E-state index in [1.54, 1.807) is 6.08 Å². The Hall–Kier alpha value is -3.35. The summed E-state index contributed by atoms with van der Waals surface area (Å²) in [6, 6.07) is -0.932. The average molecular weight is 958 g/mol. The fourth-order valence-electron chi connectivity index (χ4n) is 7.36. The summed E-state index contributed by atoms with van der Waals surface area (Å²) in [6.45, 7) is 2.49. The molecular formula is C54H87NO13. The van der Waals surface area contributed by atoms with Gasteiger partial charge in [0.05, 0.1) is 32.0 Å². The van der Waals surface area contributed by atoms with Gasteiger partial charge >= 0.3 is 0 Å². The minimum atomic E-state index is -1.79. The summed E-state index contributed by atoms with van der Waals surface area (Å²) in [5.74, 6) is -0.279. The summed E-state index contributed by atoms with van der Waals surface area (Å²) in [5, 5.41) is 86.1. The molecular weight excluding hydrogens is 871 g/mol. The number of ether oxygens (including phenoxy) is 4. The van der Waals surface area contributed by atoms with Crippen LogP contribution in [0.5, 0.6) is 0 Å². The Morgan fingerprint density at radius 2 is 1.01 bits per heavy atom. The van der Waals surface area contributed by atoms with E-state index in [1.807, 2.05) is 6.08 Å². The Kier molecular flexibility index (Phi) is 35.2. The molecule has 12 unspecified atom stereocenters. The summed E-state index contributed by atoms with van der Waals surface area (Å²) in [4.78, 5) is 13.1. The van der Waals surface area contributed by atoms with Crippen molar-refractivity contribution in [2.24, 2.45) is 0 Å². The maximum Gasteiger partial charge on any atom is 0.220 e. The van der Waals surface area contributed by atoms with Crippen LogP contribution >= 0.6 is 0 Å². The lowest BCUT2D eigenvalue weighted by Gasteiger charge is -2.46. The van der Waals surface area contributed by atoms with Gasteiger partial charge in [-0.3, -0.25) is 4.79 Å². The van der Waals surface area contributed by atoms with Crippen LogP contribution in [-0.4, -0.2) is 140 Å². The molecule has 2 aliphatic heterocycles. The van der Waals surface area contributed by atoms with Gasteiger partial charge in [-0.1, -0.05) is 149 Å². The van der Waals surface area contributed by atoms with E-state index in [0.717, 1.165) is 103 Å². The zero-order chi connectivity index (χ0) is 49.6. The molecule has 0 radical (unpaired) electrons. The second kappa shape index (κ2) is 39.4. The molecule has 0 aliphatic carbocycles. The van der Waals surface area contributed by atoms with E-state index in [2.05, 4.69) is 116 Å². The van der Waals surface area contributed by atoms with E-state index in [-0.39, 0.29) is 18.9 Å². The second-order valence-corrected chi connectivity index (χ2v) is 17.2. The largest absolute Gasteiger partial charge is 0.394 e. The summed E-state index contributed by atoms with van der Waals surface area (Å²) in [7, 11) is 0. The lowest BCUT2D eigenvalue weighted by molar-refractivity contribution is -0.359. The minimum absolute atomic E-state index is 0.242. The molecule has 12 atom stereocenters. The topological polar surface area (TPSA) is 228 Å². The van der Waals surface area contributed by atoms with E-state index in [1.165, 1.54) is 0 Å². The first-order valence-corrected chi connectivity index (χ1v) is 25.1. The van der Waals surface area contributed by atoms with E-state index in [9.17, 15) is 45.6 Å². The maximum atomic E-state index is 13.1. The Morgan fingerprint density at radius 3 is 1.54 bits per heavy atom. The predicted octanol–water partition coefficient (Wildman–Crippen LogP) is 6.54. The van der Waals surface area contributed by atoms with Crippen LogP contribution in [0.1, 0.15) is 129 Å². The third-order valence-corrected chi connectivity index (χ3v) is 11.5. The minimum Gasteiger partial charge on any atom is -0.394 e. The Balaban J connectivity index is 1.69. The first-order valence-electron chi connectivity index (χ1n) is 25.1. The van der Waals surface area contributed by atoms with Gasteiger partial charge < -0.3 is 65.1 Å². The number of carbonyl (C=O) groups excluding carboxylic acids is 1. The van der Waals surface area contributed by atoms with Crippen LogP contribution in [0.4, 0.5) is 0 Å². The quantitative estimate of drug-likeness (QED) is 0.0241. The highest BCUT2D eigenvalue weighted by Crippen LogP contribution is 2.30. The number of hydrogen-bond donors (Lipinski definition) is 9. The molecule has 1 amide bonds. The zero-order valence-corrected chi connectivity index (χ0v) is 40.8. The molecule has 14 nitrogen and oxygen atoms in total. The fourth-order valence-corrected chi connectivity index (χ4v) is 7.36. The molecule has 0 bridgehead atoms. The summed E-state index contributed by atoms with van der Waals surface area (Å²) < 4.78 is 22.5. The number of aliphatic hydroxyl groups excluding tert-OH is 8. The molecule has 2 fully saturated rings. The van der Waals surface area contributed by atoms with E-state index < -0.39 is 86.8 Å². The Bertz CT molecular complexity index is 1550. The Morgan fingerprint density at radius 1 is 0.544 bits per heavy atom. The average Bonchev–Trinajstić information content (AvgIpc) is 3.34. The summed E-state index contributed by atoms with van der Waals surface area (Å²) in [6.07, 6.45) is 37.7. The maximum absolute atomic E-state index is 13.1. The molecule has 9 N–H and O–H groups in total. The van der Waals surface area contributed by atoms with Crippen LogP contribution in [0.3, 0.4) is 0 Å². The highest BCUT2D eigenvalue weighted by Gasteiger charge is 2.51. The van der Waals surface area contributed by atoms with Gasteiger partial charge in [0.15, 0.2) is 12.6 Å². The van der Waals surface area contributed by atoms with Crippen LogP contribution in [-0.2, 0) is 23.7 Å². The van der Waals surface area contributed by atoms with Gasteiger partial charge in [-0.05, 0) is 83.5 Å². The summed E-state index contributed by atoms with van der Waals surface area (Å²) in [5.41, 5.74) is 0. The van der Waals surface area contributed by atoms with Gasteiger partial charge in [0, 0.05) is 6.42 Å². The molecule has 386 valence electrons. The van der Waals surface area contributed by atoms with E-state index >= 15 is 0 Å². The van der Waals surface area contributed by atoms with Crippen molar-refractivity contribution >= 4 is 5.91 Å². The molecule has 0 aromatic heterocycles. The lowest BCUT2D eigenvalue weighted by atomic mass is 9.97. The molecule has 0 saturated carbocycles. The van der Waals surface area contributed by atoms with Gasteiger partial charge in [0.25, 0.3) is 0 Å². The lowest BCUT2D eigenvalue weighted by Crippen LogP contribution is -2.65. The smallest absolute Gasteiger partial charge is 0.220 e. The third-order valence-electron chi connectivity index (χ3n) is 11.5. The number of carbonyl (C=O) groups is 1. The number of hydrogen-bond acceptors (Lipinski definition) is 13. The SMILES string of the molecule is CC/C=C\C/C=C\C/C=C\C/C=C\C/C=C\C/C=C\C/C=C\C/C=C\CCCCCCC(=O)NC(COC1OC(CO)C(OC2OC(CO)C(O)C(O)C2O)C(O)C1O)C(O)/C=C/CCCCC. The first kappa shape index (κ1) is 60.8. The third kappa shape index (κ3) is 26.0. The normalized spacial score (nSPS) is 27.3. The van der Waals surface area contributed by atoms with Crippen molar-refractivity contribution in [1.82, 2.24) is 5.32 Å². The van der Waals surface area contributed by atoms with Crippen molar-refractivity contribution in [1.29, 1.82) is 0 Å². The van der Waals surface area contributed by atoms with Crippen LogP contribution in [0.25, 0.3) is 0 Å².